The quantitative estimate of drug-likeness (QED) is 0.656. The van der Waals surface area contributed by atoms with E-state index in [-0.39, 0.29) is 43.6 Å². The molecule has 2 aromatic rings. The third-order valence-corrected chi connectivity index (χ3v) is 8.63. The average molecular weight is 449 g/mol. The molecule has 1 aliphatic heterocycles. The number of benzene rings is 1. The van der Waals surface area contributed by atoms with Gasteiger partial charge in [0.1, 0.15) is 4.88 Å². The lowest BCUT2D eigenvalue weighted by atomic mass is 9.99. The summed E-state index contributed by atoms with van der Waals surface area (Å²) in [6, 6.07) is 10.2. The second-order valence-electron chi connectivity index (χ2n) is 7.44. The van der Waals surface area contributed by atoms with E-state index < -0.39 is 16.0 Å². The Morgan fingerprint density at radius 1 is 1.00 bits per heavy atom. The number of nitrogens with zero attached hydrogens (tertiary/aromatic N) is 2. The van der Waals surface area contributed by atoms with E-state index in [0.717, 1.165) is 25.7 Å². The third kappa shape index (κ3) is 4.43. The van der Waals surface area contributed by atoms with Crippen LogP contribution in [0.4, 0.5) is 0 Å². The molecular formula is C21H24N2O5S2. The van der Waals surface area contributed by atoms with E-state index in [4.69, 9.17) is 4.74 Å². The van der Waals surface area contributed by atoms with Crippen LogP contribution in [0.15, 0.2) is 41.3 Å². The smallest absolute Gasteiger partial charge is 0.348 e. The summed E-state index contributed by atoms with van der Waals surface area (Å²) in [5, 5.41) is 0. The van der Waals surface area contributed by atoms with Gasteiger partial charge in [0.15, 0.2) is 6.61 Å². The summed E-state index contributed by atoms with van der Waals surface area (Å²) in [6.07, 6.45) is 4.28. The summed E-state index contributed by atoms with van der Waals surface area (Å²) in [5.74, 6) is -0.769. The molecule has 0 bridgehead atoms. The van der Waals surface area contributed by atoms with Crippen molar-refractivity contribution >= 4 is 33.2 Å². The van der Waals surface area contributed by atoms with Gasteiger partial charge >= 0.3 is 5.97 Å². The number of thiophene rings is 1. The Hall–Kier alpha value is -2.23. The summed E-state index contributed by atoms with van der Waals surface area (Å²) in [7, 11) is -3.56. The van der Waals surface area contributed by atoms with Gasteiger partial charge < -0.3 is 9.64 Å². The molecular weight excluding hydrogens is 424 g/mol. The summed E-state index contributed by atoms with van der Waals surface area (Å²) < 4.78 is 32.0. The number of carbonyl (C=O) groups is 2. The molecule has 0 unspecified atom stereocenters. The summed E-state index contributed by atoms with van der Waals surface area (Å²) in [5.41, 5.74) is 1.22. The third-order valence-electron chi connectivity index (χ3n) is 5.50. The Balaban J connectivity index is 1.28. The molecule has 7 nitrogen and oxygen atoms in total. The second kappa shape index (κ2) is 8.87. The maximum absolute atomic E-state index is 12.7. The molecule has 1 amide bonds. The first-order valence-electron chi connectivity index (χ1n) is 10.1. The van der Waals surface area contributed by atoms with Crippen molar-refractivity contribution in [3.05, 3.63) is 51.7 Å². The standard InChI is InChI=1S/C21H24N2O5S2/c24-20(15-28-21(25)19-14-16-6-4-5-9-18(16)29-19)22-10-12-23(13-11-22)30(26,27)17-7-2-1-3-8-17/h1-3,7-8,14H,4-6,9-13,15H2. The molecule has 9 heteroatoms. The fraction of sp³-hybridized carbons (Fsp3) is 0.429. The van der Waals surface area contributed by atoms with Crippen molar-refractivity contribution in [3.8, 4) is 0 Å². The van der Waals surface area contributed by atoms with Gasteiger partial charge in [0, 0.05) is 31.1 Å². The molecule has 1 saturated heterocycles. The van der Waals surface area contributed by atoms with E-state index in [0.29, 0.717) is 4.88 Å². The van der Waals surface area contributed by atoms with Crippen molar-refractivity contribution in [3.63, 3.8) is 0 Å². The molecule has 30 heavy (non-hydrogen) atoms. The zero-order valence-corrected chi connectivity index (χ0v) is 18.2. The van der Waals surface area contributed by atoms with Crippen LogP contribution in [0.1, 0.15) is 33.0 Å². The van der Waals surface area contributed by atoms with Crippen LogP contribution >= 0.6 is 11.3 Å². The highest BCUT2D eigenvalue weighted by Crippen LogP contribution is 2.30. The highest BCUT2D eigenvalue weighted by Gasteiger charge is 2.30. The summed E-state index contributed by atoms with van der Waals surface area (Å²) in [4.78, 5) is 28.3. The SMILES string of the molecule is O=C(OCC(=O)N1CCN(S(=O)(=O)c2ccccc2)CC1)c1cc2c(s1)CCCC2. The van der Waals surface area contributed by atoms with Crippen molar-refractivity contribution in [1.82, 2.24) is 9.21 Å². The molecule has 1 aromatic carbocycles. The number of rotatable bonds is 5. The van der Waals surface area contributed by atoms with Gasteiger partial charge in [0.2, 0.25) is 10.0 Å². The van der Waals surface area contributed by atoms with Gasteiger partial charge in [-0.3, -0.25) is 4.79 Å². The van der Waals surface area contributed by atoms with Gasteiger partial charge in [0.25, 0.3) is 5.91 Å². The molecule has 0 spiro atoms. The lowest BCUT2D eigenvalue weighted by Crippen LogP contribution is -2.51. The Morgan fingerprint density at radius 2 is 1.70 bits per heavy atom. The van der Waals surface area contributed by atoms with Crippen molar-refractivity contribution in [2.45, 2.75) is 30.6 Å². The van der Waals surface area contributed by atoms with Gasteiger partial charge in [-0.15, -0.1) is 11.3 Å². The number of aryl methyl sites for hydroxylation is 2. The van der Waals surface area contributed by atoms with Crippen molar-refractivity contribution in [2.24, 2.45) is 0 Å². The zero-order valence-electron chi connectivity index (χ0n) is 16.6. The van der Waals surface area contributed by atoms with E-state index in [1.54, 1.807) is 35.2 Å². The maximum atomic E-state index is 12.7. The fourth-order valence-electron chi connectivity index (χ4n) is 3.80. The van der Waals surface area contributed by atoms with Gasteiger partial charge in [0.05, 0.1) is 4.90 Å². The van der Waals surface area contributed by atoms with Gasteiger partial charge in [-0.2, -0.15) is 4.31 Å². The van der Waals surface area contributed by atoms with Gasteiger partial charge in [-0.1, -0.05) is 18.2 Å². The van der Waals surface area contributed by atoms with Crippen LogP contribution in [-0.2, 0) is 32.4 Å². The molecule has 1 aromatic heterocycles. The first-order valence-corrected chi connectivity index (χ1v) is 12.3. The highest BCUT2D eigenvalue weighted by molar-refractivity contribution is 7.89. The number of amides is 1. The lowest BCUT2D eigenvalue weighted by molar-refractivity contribution is -0.135. The van der Waals surface area contributed by atoms with E-state index in [1.807, 2.05) is 6.07 Å². The number of carbonyl (C=O) groups excluding carboxylic acids is 2. The minimum Gasteiger partial charge on any atom is -0.451 e. The normalized spacial score (nSPS) is 17.4. The number of hydrogen-bond acceptors (Lipinski definition) is 6. The van der Waals surface area contributed by atoms with E-state index in [2.05, 4.69) is 0 Å². The molecule has 2 aliphatic rings. The largest absolute Gasteiger partial charge is 0.451 e. The minimum atomic E-state index is -3.56. The number of fused-ring (bicyclic) bond motifs is 1. The summed E-state index contributed by atoms with van der Waals surface area (Å²) in [6.45, 7) is 0.654. The van der Waals surface area contributed by atoms with Crippen LogP contribution in [0.3, 0.4) is 0 Å². The van der Waals surface area contributed by atoms with Crippen molar-refractivity contribution in [2.75, 3.05) is 32.8 Å². The number of esters is 1. The molecule has 1 aliphatic carbocycles. The van der Waals surface area contributed by atoms with Crippen molar-refractivity contribution < 1.29 is 22.7 Å². The van der Waals surface area contributed by atoms with Crippen LogP contribution in [-0.4, -0.2) is 62.3 Å². The Bertz CT molecular complexity index is 1000. The van der Waals surface area contributed by atoms with Crippen LogP contribution in [0.25, 0.3) is 0 Å². The number of sulfonamides is 1. The second-order valence-corrected chi connectivity index (χ2v) is 10.5. The highest BCUT2D eigenvalue weighted by atomic mass is 32.2. The van der Waals surface area contributed by atoms with Gasteiger partial charge in [-0.05, 0) is 49.4 Å². The molecule has 4 rings (SSSR count). The number of ether oxygens (including phenoxy) is 1. The zero-order chi connectivity index (χ0) is 21.1. The topological polar surface area (TPSA) is 84.0 Å². The Labute approximate surface area is 180 Å². The monoisotopic (exact) mass is 448 g/mol. The van der Waals surface area contributed by atoms with Crippen molar-refractivity contribution in [1.29, 1.82) is 0 Å². The van der Waals surface area contributed by atoms with Crippen LogP contribution in [0, 0.1) is 0 Å². The van der Waals surface area contributed by atoms with Crippen LogP contribution < -0.4 is 0 Å². The Kier molecular flexibility index (Phi) is 6.21. The number of hydrogen-bond donors (Lipinski definition) is 0. The number of piperazine rings is 1. The first-order chi connectivity index (χ1) is 14.4. The van der Waals surface area contributed by atoms with Crippen LogP contribution in [0.2, 0.25) is 0 Å². The minimum absolute atomic E-state index is 0.217. The van der Waals surface area contributed by atoms with E-state index in [1.165, 1.54) is 26.1 Å². The first kappa shape index (κ1) is 21.0. The lowest BCUT2D eigenvalue weighted by Gasteiger charge is -2.33. The van der Waals surface area contributed by atoms with Crippen LogP contribution in [0.5, 0.6) is 0 Å². The molecule has 0 saturated carbocycles. The van der Waals surface area contributed by atoms with Gasteiger partial charge in [-0.25, -0.2) is 13.2 Å². The fourth-order valence-corrected chi connectivity index (χ4v) is 6.39. The molecule has 1 fully saturated rings. The molecule has 160 valence electrons. The molecule has 0 atom stereocenters. The molecule has 0 radical (unpaired) electrons. The Morgan fingerprint density at radius 3 is 2.40 bits per heavy atom. The maximum Gasteiger partial charge on any atom is 0.348 e. The van der Waals surface area contributed by atoms with E-state index >= 15 is 0 Å². The predicted molar refractivity (Wildman–Crippen MR) is 113 cm³/mol. The van der Waals surface area contributed by atoms with E-state index in [9.17, 15) is 18.0 Å². The molecule has 0 N–H and O–H groups in total. The summed E-state index contributed by atoms with van der Waals surface area (Å²) >= 11 is 1.46. The molecule has 2 heterocycles. The average Bonchev–Trinajstić information content (AvgIpc) is 3.22. The predicted octanol–water partition coefficient (Wildman–Crippen LogP) is 2.32.